The van der Waals surface area contributed by atoms with Gasteiger partial charge in [-0.3, -0.25) is 14.5 Å². The van der Waals surface area contributed by atoms with Gasteiger partial charge in [0.15, 0.2) is 0 Å². The van der Waals surface area contributed by atoms with E-state index in [4.69, 9.17) is 23.2 Å². The van der Waals surface area contributed by atoms with Gasteiger partial charge in [-0.15, -0.1) is 0 Å². The maximum Gasteiger partial charge on any atom is 0.306 e. The van der Waals surface area contributed by atoms with Crippen LogP contribution in [-0.2, 0) is 15.0 Å². The first-order chi connectivity index (χ1) is 16.3. The highest BCUT2D eigenvalue weighted by Crippen LogP contribution is 2.42. The smallest absolute Gasteiger partial charge is 0.306 e. The summed E-state index contributed by atoms with van der Waals surface area (Å²) in [5.74, 6) is 0.140. The largest absolute Gasteiger partial charge is 0.481 e. The number of amides is 1. The number of rotatable bonds is 8. The van der Waals surface area contributed by atoms with Gasteiger partial charge in [-0.2, -0.15) is 0 Å². The molecular weight excluding hydrogens is 473 g/mol. The number of carboxylic acid groups (broad SMARTS) is 1. The van der Waals surface area contributed by atoms with Crippen molar-refractivity contribution in [3.8, 4) is 0 Å². The molecule has 1 amide bonds. The highest BCUT2D eigenvalue weighted by atomic mass is 35.5. The zero-order valence-electron chi connectivity index (χ0n) is 19.7. The number of carbonyl (C=O) groups excluding carboxylic acids is 1. The topological polar surface area (TPSA) is 64.1 Å². The lowest BCUT2D eigenvalue weighted by Crippen LogP contribution is -2.61. The summed E-state index contributed by atoms with van der Waals surface area (Å²) in [6.07, 6.45) is 6.44. The van der Waals surface area contributed by atoms with Crippen molar-refractivity contribution in [3.63, 3.8) is 0 Å². The summed E-state index contributed by atoms with van der Waals surface area (Å²) in [5, 5.41) is 10.4. The summed E-state index contributed by atoms with van der Waals surface area (Å²) >= 11 is 12.7. The third-order valence-corrected chi connectivity index (χ3v) is 9.35. The lowest BCUT2D eigenvalue weighted by Gasteiger charge is -2.49. The van der Waals surface area contributed by atoms with E-state index in [0.717, 1.165) is 71.5 Å². The van der Waals surface area contributed by atoms with Crippen LogP contribution in [0.2, 0.25) is 10.0 Å². The van der Waals surface area contributed by atoms with E-state index < -0.39 is 5.97 Å². The Morgan fingerprint density at radius 2 is 1.82 bits per heavy atom. The molecule has 5 rings (SSSR count). The van der Waals surface area contributed by atoms with Crippen LogP contribution in [0.5, 0.6) is 0 Å². The van der Waals surface area contributed by atoms with Crippen LogP contribution in [0.3, 0.4) is 0 Å². The molecule has 1 aliphatic carbocycles. The first-order valence-corrected chi connectivity index (χ1v) is 13.5. The lowest BCUT2D eigenvalue weighted by atomic mass is 9.71. The van der Waals surface area contributed by atoms with Gasteiger partial charge in [0.1, 0.15) is 0 Å². The van der Waals surface area contributed by atoms with Gasteiger partial charge in [-0.05, 0) is 81.8 Å². The van der Waals surface area contributed by atoms with E-state index in [9.17, 15) is 14.7 Å². The van der Waals surface area contributed by atoms with Gasteiger partial charge in [0.25, 0.3) is 0 Å². The number of nitrogens with zero attached hydrogens (tertiary/aromatic N) is 3. The first-order valence-electron chi connectivity index (χ1n) is 12.8. The standard InChI is InChI=1S/C26H35Cl2N3O3/c27-22-4-3-20(13-23(22)28)26(8-5-24(32)31(17-26)14-18-1-2-18)9-12-29-15-21(16-29)30-10-6-19(7-11-30)25(33)34/h3-4,13,18-19,21H,1-2,5-12,14-17H2,(H,33,34). The maximum absolute atomic E-state index is 12.7. The SMILES string of the molecule is O=C(O)C1CCN(C2CN(CCC3(c4ccc(Cl)c(Cl)c4)CCC(=O)N(CC4CC4)C3)C2)CC1. The van der Waals surface area contributed by atoms with Crippen molar-refractivity contribution in [1.82, 2.24) is 14.7 Å². The molecule has 4 aliphatic rings. The predicted molar refractivity (Wildman–Crippen MR) is 133 cm³/mol. The lowest BCUT2D eigenvalue weighted by molar-refractivity contribution is -0.144. The summed E-state index contributed by atoms with van der Waals surface area (Å²) in [7, 11) is 0. The van der Waals surface area contributed by atoms with Gasteiger partial charge in [-0.25, -0.2) is 0 Å². The number of benzene rings is 1. The van der Waals surface area contributed by atoms with E-state index in [1.165, 1.54) is 18.4 Å². The average molecular weight is 508 g/mol. The van der Waals surface area contributed by atoms with Gasteiger partial charge < -0.3 is 14.9 Å². The van der Waals surface area contributed by atoms with E-state index >= 15 is 0 Å². The second kappa shape index (κ2) is 9.96. The van der Waals surface area contributed by atoms with Crippen molar-refractivity contribution in [2.45, 2.75) is 56.4 Å². The molecule has 1 N–H and O–H groups in total. The fourth-order valence-corrected chi connectivity index (χ4v) is 6.36. The summed E-state index contributed by atoms with van der Waals surface area (Å²) in [5.41, 5.74) is 1.10. The summed E-state index contributed by atoms with van der Waals surface area (Å²) in [6.45, 7) is 6.51. The second-order valence-corrected chi connectivity index (χ2v) is 11.8. The quantitative estimate of drug-likeness (QED) is 0.572. The Kier molecular flexibility index (Phi) is 7.14. The summed E-state index contributed by atoms with van der Waals surface area (Å²) < 4.78 is 0. The predicted octanol–water partition coefficient (Wildman–Crippen LogP) is 4.13. The number of piperidine rings is 2. The molecular formula is C26H35Cl2N3O3. The van der Waals surface area contributed by atoms with E-state index in [2.05, 4.69) is 20.8 Å². The molecule has 6 nitrogen and oxygen atoms in total. The monoisotopic (exact) mass is 507 g/mol. The third-order valence-electron chi connectivity index (χ3n) is 8.61. The van der Waals surface area contributed by atoms with Gasteiger partial charge in [0, 0.05) is 44.1 Å². The van der Waals surface area contributed by atoms with Crippen LogP contribution in [0.4, 0.5) is 0 Å². The number of halogens is 2. The van der Waals surface area contributed by atoms with Crippen LogP contribution >= 0.6 is 23.2 Å². The number of carbonyl (C=O) groups is 2. The molecule has 1 atom stereocenters. The molecule has 4 fully saturated rings. The Balaban J connectivity index is 1.22. The van der Waals surface area contributed by atoms with E-state index in [0.29, 0.717) is 28.4 Å². The van der Waals surface area contributed by atoms with Crippen molar-refractivity contribution in [2.75, 3.05) is 45.8 Å². The Hall–Kier alpha value is -1.34. The van der Waals surface area contributed by atoms with Crippen molar-refractivity contribution < 1.29 is 14.7 Å². The highest BCUT2D eigenvalue weighted by Gasteiger charge is 2.43. The minimum Gasteiger partial charge on any atom is -0.481 e. The maximum atomic E-state index is 12.7. The number of hydrogen-bond donors (Lipinski definition) is 1. The molecule has 1 aromatic carbocycles. The van der Waals surface area contributed by atoms with Crippen molar-refractivity contribution in [3.05, 3.63) is 33.8 Å². The molecule has 0 spiro atoms. The Bertz CT molecular complexity index is 926. The van der Waals surface area contributed by atoms with Crippen LogP contribution in [0.25, 0.3) is 0 Å². The molecule has 1 aromatic rings. The first kappa shape index (κ1) is 24.4. The number of likely N-dealkylation sites (tertiary alicyclic amines) is 3. The van der Waals surface area contributed by atoms with E-state index in [1.807, 2.05) is 12.1 Å². The normalized spacial score (nSPS) is 27.7. The zero-order chi connectivity index (χ0) is 23.9. The van der Waals surface area contributed by atoms with Crippen LogP contribution in [0, 0.1) is 11.8 Å². The molecule has 3 saturated heterocycles. The van der Waals surface area contributed by atoms with Gasteiger partial charge >= 0.3 is 5.97 Å². The highest BCUT2D eigenvalue weighted by molar-refractivity contribution is 6.42. The summed E-state index contributed by atoms with van der Waals surface area (Å²) in [6, 6.07) is 6.55. The molecule has 8 heteroatoms. The number of carboxylic acids is 1. The van der Waals surface area contributed by atoms with Crippen LogP contribution in [0.15, 0.2) is 18.2 Å². The fourth-order valence-electron chi connectivity index (χ4n) is 6.07. The number of aliphatic carboxylic acids is 1. The van der Waals surface area contributed by atoms with Crippen LogP contribution in [0.1, 0.15) is 50.5 Å². The molecule has 186 valence electrons. The van der Waals surface area contributed by atoms with Crippen molar-refractivity contribution in [1.29, 1.82) is 0 Å². The Labute approximate surface area is 212 Å². The minimum atomic E-state index is -0.649. The molecule has 0 aromatic heterocycles. The van der Waals surface area contributed by atoms with E-state index in [-0.39, 0.29) is 17.2 Å². The van der Waals surface area contributed by atoms with Gasteiger partial charge in [0.05, 0.1) is 16.0 Å². The third kappa shape index (κ3) is 5.25. The fraction of sp³-hybridized carbons (Fsp3) is 0.692. The minimum absolute atomic E-state index is 0.0953. The Morgan fingerprint density at radius 1 is 1.09 bits per heavy atom. The van der Waals surface area contributed by atoms with Crippen molar-refractivity contribution in [2.24, 2.45) is 11.8 Å². The molecule has 3 aliphatic heterocycles. The molecule has 0 radical (unpaired) electrons. The Morgan fingerprint density at radius 3 is 2.47 bits per heavy atom. The molecule has 1 unspecified atom stereocenters. The van der Waals surface area contributed by atoms with Crippen LogP contribution in [-0.4, -0.2) is 83.5 Å². The second-order valence-electron chi connectivity index (χ2n) is 10.9. The molecule has 3 heterocycles. The molecule has 34 heavy (non-hydrogen) atoms. The molecule has 0 bridgehead atoms. The molecule has 1 saturated carbocycles. The van der Waals surface area contributed by atoms with Crippen molar-refractivity contribution >= 4 is 35.1 Å². The summed E-state index contributed by atoms with van der Waals surface area (Å²) in [4.78, 5) is 31.0. The van der Waals surface area contributed by atoms with Gasteiger partial charge in [0.2, 0.25) is 5.91 Å². The zero-order valence-corrected chi connectivity index (χ0v) is 21.2. The average Bonchev–Trinajstić information content (AvgIpc) is 3.61. The van der Waals surface area contributed by atoms with Crippen LogP contribution < -0.4 is 0 Å². The number of hydrogen-bond acceptors (Lipinski definition) is 4. The van der Waals surface area contributed by atoms with E-state index in [1.54, 1.807) is 0 Å². The van der Waals surface area contributed by atoms with Gasteiger partial charge in [-0.1, -0.05) is 29.3 Å².